The summed E-state index contributed by atoms with van der Waals surface area (Å²) in [4.78, 5) is 13.5. The van der Waals surface area contributed by atoms with Crippen molar-refractivity contribution in [2.24, 2.45) is 5.41 Å². The Morgan fingerprint density at radius 2 is 2.29 bits per heavy atom. The first-order chi connectivity index (χ1) is 10.1. The minimum Gasteiger partial charge on any atom is -0.456 e. The number of hydrogen-bond donors (Lipinski definition) is 2. The molecule has 0 spiro atoms. The molecule has 1 saturated carbocycles. The second kappa shape index (κ2) is 5.66. The number of rotatable bonds is 5. The Bertz CT molecular complexity index is 608. The van der Waals surface area contributed by atoms with Crippen LogP contribution in [0.15, 0.2) is 34.1 Å². The predicted octanol–water partition coefficient (Wildman–Crippen LogP) is 3.28. The lowest BCUT2D eigenvalue weighted by atomic mass is 9.64. The number of carbonyl (C=O) groups excluding carboxylic acids is 1. The minimum absolute atomic E-state index is 0.0903. The first kappa shape index (κ1) is 14.4. The molecule has 112 valence electrons. The molecule has 1 aliphatic rings. The molecule has 5 heteroatoms. The molecule has 2 aromatic rings. The van der Waals surface area contributed by atoms with Crippen LogP contribution in [-0.4, -0.2) is 17.6 Å². The van der Waals surface area contributed by atoms with Crippen LogP contribution in [-0.2, 0) is 0 Å². The largest absolute Gasteiger partial charge is 0.456 e. The molecule has 2 N–H and O–H groups in total. The number of aliphatic hydroxyl groups is 1. The number of carbonyl (C=O) groups is 1. The zero-order valence-electron chi connectivity index (χ0n) is 12.0. The SMILES string of the molecule is Cc1ccc(C(=O)NC(c2cccs2)C2(CO)CCC2)o1. The highest BCUT2D eigenvalue weighted by atomic mass is 32.1. The Balaban J connectivity index is 1.84. The molecule has 1 fully saturated rings. The van der Waals surface area contributed by atoms with Gasteiger partial charge in [0.15, 0.2) is 5.76 Å². The van der Waals surface area contributed by atoms with Gasteiger partial charge >= 0.3 is 0 Å². The fraction of sp³-hybridized carbons (Fsp3) is 0.438. The van der Waals surface area contributed by atoms with Crippen molar-refractivity contribution in [1.29, 1.82) is 0 Å². The molecular formula is C16H19NO3S. The maximum atomic E-state index is 12.4. The second-order valence-corrected chi connectivity index (χ2v) is 6.69. The van der Waals surface area contributed by atoms with Crippen LogP contribution in [0, 0.1) is 12.3 Å². The van der Waals surface area contributed by atoms with Crippen LogP contribution in [0.1, 0.15) is 46.5 Å². The third-order valence-electron chi connectivity index (χ3n) is 4.34. The topological polar surface area (TPSA) is 62.5 Å². The average molecular weight is 305 g/mol. The number of aliphatic hydroxyl groups excluding tert-OH is 1. The molecule has 1 unspecified atom stereocenters. The van der Waals surface area contributed by atoms with Gasteiger partial charge in [-0.05, 0) is 43.3 Å². The molecule has 0 aliphatic heterocycles. The predicted molar refractivity (Wildman–Crippen MR) is 81.3 cm³/mol. The summed E-state index contributed by atoms with van der Waals surface area (Å²) >= 11 is 1.61. The van der Waals surface area contributed by atoms with Crippen LogP contribution in [0.5, 0.6) is 0 Å². The van der Waals surface area contributed by atoms with Crippen LogP contribution < -0.4 is 5.32 Å². The molecule has 21 heavy (non-hydrogen) atoms. The number of hydrogen-bond acceptors (Lipinski definition) is 4. The van der Waals surface area contributed by atoms with E-state index in [4.69, 9.17) is 4.42 Å². The molecule has 1 amide bonds. The van der Waals surface area contributed by atoms with Gasteiger partial charge in [-0.15, -0.1) is 11.3 Å². The summed E-state index contributed by atoms with van der Waals surface area (Å²) in [5, 5.41) is 14.9. The van der Waals surface area contributed by atoms with Gasteiger partial charge in [-0.25, -0.2) is 0 Å². The van der Waals surface area contributed by atoms with E-state index in [1.165, 1.54) is 0 Å². The van der Waals surface area contributed by atoms with Crippen LogP contribution >= 0.6 is 11.3 Å². The lowest BCUT2D eigenvalue weighted by Gasteiger charge is -2.46. The highest BCUT2D eigenvalue weighted by Gasteiger charge is 2.45. The molecule has 1 aliphatic carbocycles. The first-order valence-electron chi connectivity index (χ1n) is 7.16. The summed E-state index contributed by atoms with van der Waals surface area (Å²) in [5.41, 5.74) is -0.234. The molecule has 0 saturated heterocycles. The molecule has 0 aromatic carbocycles. The van der Waals surface area contributed by atoms with Gasteiger partial charge in [0.1, 0.15) is 5.76 Å². The Labute approximate surface area is 127 Å². The molecule has 0 bridgehead atoms. The van der Waals surface area contributed by atoms with Crippen LogP contribution in [0.25, 0.3) is 0 Å². The lowest BCUT2D eigenvalue weighted by Crippen LogP contribution is -2.47. The summed E-state index contributed by atoms with van der Waals surface area (Å²) in [7, 11) is 0. The van der Waals surface area contributed by atoms with Crippen molar-refractivity contribution in [3.05, 3.63) is 46.0 Å². The second-order valence-electron chi connectivity index (χ2n) is 5.71. The van der Waals surface area contributed by atoms with Gasteiger partial charge in [0, 0.05) is 10.3 Å². The third-order valence-corrected chi connectivity index (χ3v) is 5.28. The molecule has 3 rings (SSSR count). The van der Waals surface area contributed by atoms with Crippen molar-refractivity contribution in [2.75, 3.05) is 6.61 Å². The number of furan rings is 1. The monoisotopic (exact) mass is 305 g/mol. The fourth-order valence-electron chi connectivity index (χ4n) is 2.91. The van der Waals surface area contributed by atoms with Crippen LogP contribution in [0.2, 0.25) is 0 Å². The van der Waals surface area contributed by atoms with Crippen molar-refractivity contribution >= 4 is 17.2 Å². The summed E-state index contributed by atoms with van der Waals surface area (Å²) < 4.78 is 5.39. The van der Waals surface area contributed by atoms with E-state index < -0.39 is 0 Å². The summed E-state index contributed by atoms with van der Waals surface area (Å²) in [6.07, 6.45) is 2.96. The van der Waals surface area contributed by atoms with E-state index >= 15 is 0 Å². The highest BCUT2D eigenvalue weighted by molar-refractivity contribution is 7.10. The Morgan fingerprint density at radius 1 is 1.48 bits per heavy atom. The maximum absolute atomic E-state index is 12.4. The Morgan fingerprint density at radius 3 is 2.76 bits per heavy atom. The highest BCUT2D eigenvalue weighted by Crippen LogP contribution is 2.50. The average Bonchev–Trinajstić information content (AvgIpc) is 3.07. The standard InChI is InChI=1S/C16H19NO3S/c1-11-5-6-12(20-11)15(19)17-14(13-4-2-9-21-13)16(10-18)7-3-8-16/h2,4-6,9,14,18H,3,7-8,10H2,1H3,(H,17,19). The number of amides is 1. The molecule has 4 nitrogen and oxygen atoms in total. The van der Waals surface area contributed by atoms with E-state index in [0.717, 1.165) is 24.1 Å². The van der Waals surface area contributed by atoms with Gasteiger partial charge in [0.05, 0.1) is 12.6 Å². The van der Waals surface area contributed by atoms with Crippen molar-refractivity contribution in [1.82, 2.24) is 5.32 Å². The van der Waals surface area contributed by atoms with Gasteiger partial charge in [0.25, 0.3) is 5.91 Å². The summed E-state index contributed by atoms with van der Waals surface area (Å²) in [6, 6.07) is 7.29. The van der Waals surface area contributed by atoms with E-state index in [0.29, 0.717) is 11.5 Å². The van der Waals surface area contributed by atoms with Gasteiger partial charge < -0.3 is 14.8 Å². The molecule has 2 heterocycles. The number of aryl methyl sites for hydroxylation is 1. The molecule has 2 aromatic heterocycles. The van der Waals surface area contributed by atoms with E-state index in [9.17, 15) is 9.90 Å². The van der Waals surface area contributed by atoms with Crippen molar-refractivity contribution in [2.45, 2.75) is 32.2 Å². The van der Waals surface area contributed by atoms with Gasteiger partial charge in [-0.1, -0.05) is 12.5 Å². The molecular weight excluding hydrogens is 286 g/mol. The molecule has 0 radical (unpaired) electrons. The first-order valence-corrected chi connectivity index (χ1v) is 8.04. The van der Waals surface area contributed by atoms with Crippen LogP contribution in [0.3, 0.4) is 0 Å². The van der Waals surface area contributed by atoms with E-state index in [2.05, 4.69) is 5.32 Å². The van der Waals surface area contributed by atoms with Crippen molar-refractivity contribution in [3.8, 4) is 0 Å². The third kappa shape index (κ3) is 2.63. The summed E-state index contributed by atoms with van der Waals surface area (Å²) in [5.74, 6) is 0.816. The van der Waals surface area contributed by atoms with Crippen LogP contribution in [0.4, 0.5) is 0 Å². The Hall–Kier alpha value is -1.59. The van der Waals surface area contributed by atoms with Gasteiger partial charge in [-0.2, -0.15) is 0 Å². The zero-order valence-corrected chi connectivity index (χ0v) is 12.8. The smallest absolute Gasteiger partial charge is 0.287 e. The van der Waals surface area contributed by atoms with Crippen molar-refractivity contribution in [3.63, 3.8) is 0 Å². The summed E-state index contributed by atoms with van der Waals surface area (Å²) in [6.45, 7) is 1.90. The van der Waals surface area contributed by atoms with E-state index in [1.54, 1.807) is 23.5 Å². The number of thiophene rings is 1. The fourth-order valence-corrected chi connectivity index (χ4v) is 3.83. The van der Waals surface area contributed by atoms with E-state index in [-0.39, 0.29) is 24.0 Å². The van der Waals surface area contributed by atoms with Crippen molar-refractivity contribution < 1.29 is 14.3 Å². The Kier molecular flexibility index (Phi) is 3.87. The quantitative estimate of drug-likeness (QED) is 0.891. The van der Waals surface area contributed by atoms with Gasteiger partial charge in [0.2, 0.25) is 0 Å². The lowest BCUT2D eigenvalue weighted by molar-refractivity contribution is 0.00669. The zero-order chi connectivity index (χ0) is 14.9. The van der Waals surface area contributed by atoms with Gasteiger partial charge in [-0.3, -0.25) is 4.79 Å². The van der Waals surface area contributed by atoms with E-state index in [1.807, 2.05) is 24.4 Å². The minimum atomic E-state index is -0.234. The number of nitrogens with one attached hydrogen (secondary N) is 1. The maximum Gasteiger partial charge on any atom is 0.287 e. The normalized spacial score (nSPS) is 18.0. The molecule has 1 atom stereocenters.